The van der Waals surface area contributed by atoms with Crippen molar-refractivity contribution >= 4 is 41.3 Å². The molecule has 1 aromatic rings. The van der Waals surface area contributed by atoms with Crippen LogP contribution in [-0.4, -0.2) is 69.6 Å². The quantitative estimate of drug-likeness (QED) is 0.0731. The van der Waals surface area contributed by atoms with Crippen molar-refractivity contribution in [1.82, 2.24) is 21.0 Å². The highest BCUT2D eigenvalue weighted by atomic mass is 32.2. The molecule has 9 N–H and O–H groups in total. The minimum atomic E-state index is -1.10. The van der Waals surface area contributed by atoms with E-state index >= 15 is 0 Å². The van der Waals surface area contributed by atoms with Crippen molar-refractivity contribution in [2.24, 2.45) is 5.84 Å². The number of nitrogens with one attached hydrogen (secondary N) is 3. The number of hydrogen-bond donors (Lipinski definition) is 6. The Balaban J connectivity index is 1.29. The average molecular weight is 508 g/mol. The van der Waals surface area contributed by atoms with E-state index in [0.29, 0.717) is 36.6 Å². The summed E-state index contributed by atoms with van der Waals surface area (Å²) in [5.41, 5.74) is 4.89. The molecule has 4 amide bonds. The number of carboxylic acid groups (broad SMARTS) is 1. The molecule has 2 unspecified atom stereocenters. The van der Waals surface area contributed by atoms with Crippen LogP contribution in [0.2, 0.25) is 0 Å². The van der Waals surface area contributed by atoms with Crippen LogP contribution in [-0.2, 0) is 9.59 Å². The number of thioether (sulfide) groups is 1. The Morgan fingerprint density at radius 2 is 1.91 bits per heavy atom. The van der Waals surface area contributed by atoms with E-state index in [0.717, 1.165) is 30.7 Å². The number of fused-ring (bicyclic) bond motifs is 1. The standard InChI is InChI=1S/C23H34N6O5S/c24-15-10-8-14(9-11-15)21(31)26-16(22(32)33)5-3-4-12-29(25)19(30)7-2-1-6-18-20-17(13-35-18)27-23(34)28-20/h8-11,16-18,20H,1-7,12-13,24-25H2,(H,26,31)(H,32,33)(H2,27,28,34)/p+1/t16?,17-,18?,20-/m0/s1. The second-order valence-corrected chi connectivity index (χ2v) is 10.3. The SMILES string of the molecule is NN(CCCCC(NC(=O)c1ccc([NH3+])cc1)C(=O)O)C(=O)CCCCC1SC[C@@H]2NC(=O)N[C@H]12. The number of hydrogen-bond acceptors (Lipinski definition) is 6. The third-order valence-electron chi connectivity index (χ3n) is 6.35. The van der Waals surface area contributed by atoms with Crippen molar-refractivity contribution in [3.63, 3.8) is 0 Å². The Morgan fingerprint density at radius 3 is 2.63 bits per heavy atom. The Kier molecular flexibility index (Phi) is 9.75. The molecule has 0 radical (unpaired) electrons. The maximum absolute atomic E-state index is 12.3. The van der Waals surface area contributed by atoms with Gasteiger partial charge in [0.25, 0.3) is 5.91 Å². The third-order valence-corrected chi connectivity index (χ3v) is 7.86. The molecule has 0 spiro atoms. The molecular weight excluding hydrogens is 472 g/mol. The lowest BCUT2D eigenvalue weighted by atomic mass is 10.0. The monoisotopic (exact) mass is 507 g/mol. The average Bonchev–Trinajstić information content (AvgIpc) is 3.37. The highest BCUT2D eigenvalue weighted by Crippen LogP contribution is 2.33. The molecule has 35 heavy (non-hydrogen) atoms. The summed E-state index contributed by atoms with van der Waals surface area (Å²) < 4.78 is 0. The molecule has 0 saturated carbocycles. The molecule has 2 heterocycles. The predicted molar refractivity (Wildman–Crippen MR) is 132 cm³/mol. The van der Waals surface area contributed by atoms with E-state index in [-0.39, 0.29) is 30.4 Å². The fraction of sp³-hybridized carbons (Fsp3) is 0.565. The maximum Gasteiger partial charge on any atom is 0.326 e. The molecule has 2 fully saturated rings. The van der Waals surface area contributed by atoms with Gasteiger partial charge in [-0.3, -0.25) is 14.6 Å². The normalized spacial score (nSPS) is 21.5. The lowest BCUT2D eigenvalue weighted by Crippen LogP contribution is -2.42. The summed E-state index contributed by atoms with van der Waals surface area (Å²) in [4.78, 5) is 47.6. The van der Waals surface area contributed by atoms with Gasteiger partial charge in [0.05, 0.1) is 12.1 Å². The van der Waals surface area contributed by atoms with Gasteiger partial charge in [-0.15, -0.1) is 0 Å². The molecule has 0 aromatic heterocycles. The van der Waals surface area contributed by atoms with Gasteiger partial charge >= 0.3 is 12.0 Å². The number of unbranched alkanes of at least 4 members (excludes halogenated alkanes) is 2. The van der Waals surface area contributed by atoms with Gasteiger partial charge in [0, 0.05) is 29.5 Å². The van der Waals surface area contributed by atoms with Crippen LogP contribution in [0.15, 0.2) is 24.3 Å². The summed E-state index contributed by atoms with van der Waals surface area (Å²) in [5, 5.41) is 19.4. The first-order valence-electron chi connectivity index (χ1n) is 11.9. The minimum absolute atomic E-state index is 0.0969. The van der Waals surface area contributed by atoms with Gasteiger partial charge in [-0.25, -0.2) is 15.4 Å². The molecule has 11 nitrogen and oxygen atoms in total. The van der Waals surface area contributed by atoms with Gasteiger partial charge in [-0.2, -0.15) is 11.8 Å². The van der Waals surface area contributed by atoms with Crippen molar-refractivity contribution in [1.29, 1.82) is 0 Å². The van der Waals surface area contributed by atoms with Gasteiger partial charge in [-0.1, -0.05) is 6.42 Å². The van der Waals surface area contributed by atoms with Crippen LogP contribution in [0.5, 0.6) is 0 Å². The topological polar surface area (TPSA) is 182 Å². The number of carboxylic acids is 1. The number of rotatable bonds is 13. The predicted octanol–water partition coefficient (Wildman–Crippen LogP) is 0.341. The van der Waals surface area contributed by atoms with E-state index in [2.05, 4.69) is 21.7 Å². The largest absolute Gasteiger partial charge is 0.480 e. The third kappa shape index (κ3) is 7.84. The van der Waals surface area contributed by atoms with Crippen LogP contribution >= 0.6 is 11.8 Å². The zero-order chi connectivity index (χ0) is 25.4. The van der Waals surface area contributed by atoms with E-state index in [1.807, 2.05) is 11.8 Å². The molecule has 3 rings (SSSR count). The highest BCUT2D eigenvalue weighted by molar-refractivity contribution is 8.00. The van der Waals surface area contributed by atoms with E-state index in [4.69, 9.17) is 5.84 Å². The van der Waals surface area contributed by atoms with E-state index in [1.54, 1.807) is 24.3 Å². The van der Waals surface area contributed by atoms with E-state index in [9.17, 15) is 24.3 Å². The number of carbonyl (C=O) groups excluding carboxylic acids is 3. The molecule has 192 valence electrons. The number of nitrogens with two attached hydrogens (primary N) is 1. The van der Waals surface area contributed by atoms with Crippen LogP contribution in [0.1, 0.15) is 55.3 Å². The molecule has 0 bridgehead atoms. The van der Waals surface area contributed by atoms with Gasteiger partial charge in [0.2, 0.25) is 5.91 Å². The fourth-order valence-electron chi connectivity index (χ4n) is 4.32. The number of carbonyl (C=O) groups is 4. The smallest absolute Gasteiger partial charge is 0.326 e. The first-order valence-corrected chi connectivity index (χ1v) is 13.0. The summed E-state index contributed by atoms with van der Waals surface area (Å²) in [6.45, 7) is 0.323. The van der Waals surface area contributed by atoms with E-state index in [1.165, 1.54) is 5.01 Å². The summed E-state index contributed by atoms with van der Waals surface area (Å²) >= 11 is 1.85. The Hall–Kier alpha value is -2.83. The highest BCUT2D eigenvalue weighted by Gasteiger charge is 2.42. The Bertz CT molecular complexity index is 914. The lowest BCUT2D eigenvalue weighted by Gasteiger charge is -2.19. The summed E-state index contributed by atoms with van der Waals surface area (Å²) in [6, 6.07) is 5.83. The first-order chi connectivity index (χ1) is 16.7. The molecule has 2 saturated heterocycles. The molecular formula is C23H35N6O5S+. The van der Waals surface area contributed by atoms with Crippen LogP contribution in [0.3, 0.4) is 0 Å². The molecule has 2 aliphatic heterocycles. The fourth-order valence-corrected chi connectivity index (χ4v) is 5.86. The zero-order valence-electron chi connectivity index (χ0n) is 19.7. The van der Waals surface area contributed by atoms with Crippen molar-refractivity contribution in [3.8, 4) is 0 Å². The summed E-state index contributed by atoms with van der Waals surface area (Å²) in [7, 11) is 0. The number of hydrazine groups is 1. The number of benzene rings is 1. The second-order valence-electron chi connectivity index (χ2n) is 9.01. The number of amides is 4. The van der Waals surface area contributed by atoms with E-state index < -0.39 is 17.9 Å². The van der Waals surface area contributed by atoms with Crippen LogP contribution < -0.4 is 27.5 Å². The van der Waals surface area contributed by atoms with Crippen molar-refractivity contribution < 1.29 is 30.0 Å². The molecule has 12 heteroatoms. The van der Waals surface area contributed by atoms with Crippen LogP contribution in [0.25, 0.3) is 0 Å². The maximum atomic E-state index is 12.3. The number of quaternary nitrogens is 1. The van der Waals surface area contributed by atoms with Gasteiger partial charge < -0.3 is 26.8 Å². The van der Waals surface area contributed by atoms with Crippen molar-refractivity contribution in [3.05, 3.63) is 29.8 Å². The zero-order valence-corrected chi connectivity index (χ0v) is 20.5. The van der Waals surface area contributed by atoms with Gasteiger partial charge in [0.15, 0.2) is 0 Å². The van der Waals surface area contributed by atoms with Gasteiger partial charge in [-0.05, 0) is 56.4 Å². The molecule has 0 aliphatic carbocycles. The Morgan fingerprint density at radius 1 is 1.17 bits per heavy atom. The minimum Gasteiger partial charge on any atom is -0.480 e. The van der Waals surface area contributed by atoms with Crippen LogP contribution in [0, 0.1) is 0 Å². The van der Waals surface area contributed by atoms with Crippen molar-refractivity contribution in [2.45, 2.75) is 68.3 Å². The van der Waals surface area contributed by atoms with Crippen LogP contribution in [0.4, 0.5) is 10.5 Å². The number of nitrogens with zero attached hydrogens (tertiary/aromatic N) is 1. The second kappa shape index (κ2) is 12.8. The molecule has 1 aromatic carbocycles. The summed E-state index contributed by atoms with van der Waals surface area (Å²) in [5.74, 6) is 5.10. The Labute approximate surface area is 208 Å². The summed E-state index contributed by atoms with van der Waals surface area (Å²) in [6.07, 6.45) is 4.17. The lowest BCUT2D eigenvalue weighted by molar-refractivity contribution is -0.254. The van der Waals surface area contributed by atoms with Gasteiger partial charge in [0.1, 0.15) is 11.7 Å². The van der Waals surface area contributed by atoms with Crippen molar-refractivity contribution in [2.75, 3.05) is 12.3 Å². The molecule has 2 aliphatic rings. The number of urea groups is 1. The molecule has 4 atom stereocenters. The first kappa shape index (κ1) is 26.8. The number of aliphatic carboxylic acids is 1.